The van der Waals surface area contributed by atoms with Crippen LogP contribution < -0.4 is 0 Å². The molecule has 0 saturated carbocycles. The second kappa shape index (κ2) is 7.97. The number of rotatable bonds is 4. The highest BCUT2D eigenvalue weighted by atomic mass is 32.2. The van der Waals surface area contributed by atoms with Crippen molar-refractivity contribution >= 4 is 36.6 Å². The number of ether oxygens (including phenoxy) is 1. The van der Waals surface area contributed by atoms with Crippen LogP contribution in [0.3, 0.4) is 0 Å². The van der Waals surface area contributed by atoms with Gasteiger partial charge in [0.25, 0.3) is 0 Å². The summed E-state index contributed by atoms with van der Waals surface area (Å²) in [4.78, 5) is 14.3. The van der Waals surface area contributed by atoms with Crippen LogP contribution in [0.2, 0.25) is 0 Å². The summed E-state index contributed by atoms with van der Waals surface area (Å²) in [6, 6.07) is 25.2. The van der Waals surface area contributed by atoms with Crippen molar-refractivity contribution in [2.75, 3.05) is 0 Å². The molecule has 1 heterocycles. The quantitative estimate of drug-likeness (QED) is 0.187. The number of fused-ring (bicyclic) bond motifs is 3. The maximum absolute atomic E-state index is 13.1. The van der Waals surface area contributed by atoms with Crippen molar-refractivity contribution in [1.82, 2.24) is 0 Å². The van der Waals surface area contributed by atoms with Gasteiger partial charge in [-0.2, -0.15) is 0 Å². The summed E-state index contributed by atoms with van der Waals surface area (Å²) in [5.41, 5.74) is 0.151. The number of allylic oxidation sites excluding steroid dienone is 2. The van der Waals surface area contributed by atoms with Crippen LogP contribution in [-0.4, -0.2) is 11.6 Å². The van der Waals surface area contributed by atoms with Crippen molar-refractivity contribution < 1.29 is 9.53 Å². The van der Waals surface area contributed by atoms with Crippen LogP contribution in [0.1, 0.15) is 43.5 Å². The molecule has 1 atom stereocenters. The van der Waals surface area contributed by atoms with Gasteiger partial charge in [0.15, 0.2) is 14.3 Å². The van der Waals surface area contributed by atoms with Crippen molar-refractivity contribution in [3.63, 3.8) is 0 Å². The topological polar surface area (TPSA) is 26.3 Å². The number of hydrogen-bond donors (Lipinski definition) is 0. The van der Waals surface area contributed by atoms with Crippen molar-refractivity contribution in [3.05, 3.63) is 90.5 Å². The van der Waals surface area contributed by atoms with Crippen molar-refractivity contribution in [3.8, 4) is 4.90 Å². The Hall–Kier alpha value is -2.91. The van der Waals surface area contributed by atoms with Gasteiger partial charge in [-0.3, -0.25) is 0 Å². The van der Waals surface area contributed by atoms with Gasteiger partial charge >= 0.3 is 5.97 Å². The lowest BCUT2D eigenvalue weighted by atomic mass is 9.81. The van der Waals surface area contributed by atoms with E-state index in [0.717, 1.165) is 24.2 Å². The molecule has 0 spiro atoms. The van der Waals surface area contributed by atoms with E-state index in [2.05, 4.69) is 66.7 Å². The van der Waals surface area contributed by atoms with Crippen LogP contribution in [0, 0.1) is 5.92 Å². The first-order valence-corrected chi connectivity index (χ1v) is 12.2. The molecule has 3 heteroatoms. The van der Waals surface area contributed by atoms with Gasteiger partial charge in [0, 0.05) is 33.2 Å². The minimum absolute atomic E-state index is 0.212. The Morgan fingerprint density at radius 1 is 0.903 bits per heavy atom. The Kier molecular flexibility index (Phi) is 5.15. The zero-order valence-corrected chi connectivity index (χ0v) is 18.8. The van der Waals surface area contributed by atoms with Gasteiger partial charge in [-0.15, -0.1) is 0 Å². The predicted molar refractivity (Wildman–Crippen MR) is 131 cm³/mol. The first kappa shape index (κ1) is 20.0. The summed E-state index contributed by atoms with van der Waals surface area (Å²) >= 11 is 0. The van der Waals surface area contributed by atoms with Gasteiger partial charge in [-0.25, -0.2) is 4.79 Å². The Labute approximate surface area is 186 Å². The van der Waals surface area contributed by atoms with Crippen LogP contribution in [0.5, 0.6) is 0 Å². The molecule has 0 saturated heterocycles. The fourth-order valence-electron chi connectivity index (χ4n) is 4.66. The largest absolute Gasteiger partial charge is 0.456 e. The smallest absolute Gasteiger partial charge is 0.338 e. The molecule has 0 amide bonds. The molecule has 0 aliphatic heterocycles. The van der Waals surface area contributed by atoms with Crippen LogP contribution >= 0.6 is 10.5 Å². The van der Waals surface area contributed by atoms with Gasteiger partial charge in [-0.1, -0.05) is 42.5 Å². The molecule has 0 fully saturated rings. The van der Waals surface area contributed by atoms with E-state index in [1.165, 1.54) is 20.2 Å². The minimum Gasteiger partial charge on any atom is -0.456 e. The van der Waals surface area contributed by atoms with Gasteiger partial charge in [0.2, 0.25) is 0 Å². The second-order valence-corrected chi connectivity index (χ2v) is 10.8. The normalized spacial score (nSPS) is 16.6. The first-order valence-electron chi connectivity index (χ1n) is 11.0. The summed E-state index contributed by atoms with van der Waals surface area (Å²) in [7, 11) is -0.212. The summed E-state index contributed by atoms with van der Waals surface area (Å²) in [6.45, 7) is 4.09. The lowest BCUT2D eigenvalue weighted by Gasteiger charge is -2.34. The summed E-state index contributed by atoms with van der Waals surface area (Å²) in [5.74, 6) is 0.130. The van der Waals surface area contributed by atoms with E-state index >= 15 is 0 Å². The highest BCUT2D eigenvalue weighted by Crippen LogP contribution is 2.48. The zero-order valence-electron chi connectivity index (χ0n) is 18.0. The Morgan fingerprint density at radius 2 is 1.58 bits per heavy atom. The number of thiophene rings is 1. The summed E-state index contributed by atoms with van der Waals surface area (Å²) in [5, 5.41) is 2.58. The third-order valence-electron chi connectivity index (χ3n) is 6.42. The lowest BCUT2D eigenvalue weighted by Crippen LogP contribution is -2.37. The van der Waals surface area contributed by atoms with E-state index in [-0.39, 0.29) is 16.4 Å². The van der Waals surface area contributed by atoms with Gasteiger partial charge in [0.05, 0.1) is 5.56 Å². The second-order valence-electron chi connectivity index (χ2n) is 8.80. The molecule has 0 radical (unpaired) electrons. The third kappa shape index (κ3) is 3.68. The minimum atomic E-state index is -0.479. The average molecular weight is 428 g/mol. The predicted octanol–water partition coefficient (Wildman–Crippen LogP) is 8.02. The SMILES string of the molecule is CC(C)(OC(=O)c1cccc(-[s+]2c3ccccc3c3ccccc32)c1)C1CC=CCC1. The van der Waals surface area contributed by atoms with E-state index in [9.17, 15) is 4.79 Å². The number of benzene rings is 3. The van der Waals surface area contributed by atoms with Gasteiger partial charge in [0.1, 0.15) is 5.60 Å². The molecule has 31 heavy (non-hydrogen) atoms. The Morgan fingerprint density at radius 3 is 2.23 bits per heavy atom. The van der Waals surface area contributed by atoms with Gasteiger partial charge < -0.3 is 4.74 Å². The Bertz CT molecular complexity index is 1240. The molecule has 4 aromatic rings. The van der Waals surface area contributed by atoms with E-state index in [1.54, 1.807) is 0 Å². The molecule has 156 valence electrons. The van der Waals surface area contributed by atoms with E-state index in [1.807, 2.05) is 32.0 Å². The number of hydrogen-bond acceptors (Lipinski definition) is 2. The molecule has 2 nitrogen and oxygen atoms in total. The molecule has 1 aliphatic carbocycles. The average Bonchev–Trinajstić information content (AvgIpc) is 3.14. The molecular weight excluding hydrogens is 400 g/mol. The zero-order chi connectivity index (χ0) is 21.4. The number of esters is 1. The highest BCUT2D eigenvalue weighted by molar-refractivity contribution is 7.50. The van der Waals surface area contributed by atoms with E-state index < -0.39 is 5.60 Å². The molecular formula is C28H27O2S+. The highest BCUT2D eigenvalue weighted by Gasteiger charge is 2.34. The van der Waals surface area contributed by atoms with Crippen molar-refractivity contribution in [2.24, 2.45) is 5.92 Å². The molecule has 0 bridgehead atoms. The molecule has 1 aromatic heterocycles. The van der Waals surface area contributed by atoms with Gasteiger partial charge in [-0.05, 0) is 69.5 Å². The van der Waals surface area contributed by atoms with E-state index in [4.69, 9.17) is 4.74 Å². The fourth-order valence-corrected chi connectivity index (χ4v) is 7.09. The number of carbonyl (C=O) groups excluding carboxylic acids is 1. The van der Waals surface area contributed by atoms with Crippen LogP contribution in [0.25, 0.3) is 25.1 Å². The van der Waals surface area contributed by atoms with Crippen molar-refractivity contribution in [1.29, 1.82) is 0 Å². The molecule has 5 rings (SSSR count). The Balaban J connectivity index is 1.52. The lowest BCUT2D eigenvalue weighted by molar-refractivity contribution is -0.0320. The molecule has 0 N–H and O–H groups in total. The molecule has 1 aliphatic rings. The maximum atomic E-state index is 13.1. The molecule has 1 unspecified atom stereocenters. The third-order valence-corrected chi connectivity index (χ3v) is 8.73. The van der Waals surface area contributed by atoms with E-state index in [0.29, 0.717) is 11.5 Å². The monoisotopic (exact) mass is 427 g/mol. The van der Waals surface area contributed by atoms with Crippen LogP contribution in [0.15, 0.2) is 84.9 Å². The summed E-state index contributed by atoms with van der Waals surface area (Å²) in [6.07, 6.45) is 7.52. The van der Waals surface area contributed by atoms with Crippen LogP contribution in [0.4, 0.5) is 0 Å². The number of carbonyl (C=O) groups is 1. The van der Waals surface area contributed by atoms with Crippen molar-refractivity contribution in [2.45, 2.75) is 38.7 Å². The first-order chi connectivity index (χ1) is 15.0. The maximum Gasteiger partial charge on any atom is 0.338 e. The molecule has 3 aromatic carbocycles. The van der Waals surface area contributed by atoms with Crippen LogP contribution in [-0.2, 0) is 4.74 Å². The standard InChI is InChI=1S/C28H27O2S/c1-28(2,21-12-4-3-5-13-21)30-27(29)20-11-10-14-22(19-20)31-25-17-8-6-15-23(25)24-16-7-9-18-26(24)31/h3-4,6-11,14-19,21H,5,12-13H2,1-2H3/q+1. The summed E-state index contributed by atoms with van der Waals surface area (Å²) < 4.78 is 8.70. The fraction of sp³-hybridized carbons (Fsp3) is 0.250.